The summed E-state index contributed by atoms with van der Waals surface area (Å²) in [6, 6.07) is 10.4. The van der Waals surface area contributed by atoms with Gasteiger partial charge in [0.15, 0.2) is 11.5 Å². The highest BCUT2D eigenvalue weighted by molar-refractivity contribution is 5.99. The number of H-pyrrole nitrogens is 1. The number of nitrogens with one attached hydrogen (secondary N) is 2. The van der Waals surface area contributed by atoms with Crippen LogP contribution < -0.4 is 20.5 Å². The standard InChI is InChI=1S/C20H22N2O3.C11H13N.C2H6O/c1-4-12-9-13(10-18(24-2)19(12)25-3)17-11-15(20(21)23)14-7-5-6-8-16(14)22-17;1-3-9-7-12-11-5-4-8(2)6-10(9)11;1-2-3/h5-11,16,22H,4H2,1-3H3,(H2,21,23);4-7,12H,3H2,1-2H3;3H,2H2,1H3. The molecule has 0 fully saturated rings. The molecule has 1 atom stereocenters. The van der Waals surface area contributed by atoms with Gasteiger partial charge in [-0.25, -0.2) is 0 Å². The topological polar surface area (TPSA) is 110 Å². The van der Waals surface area contributed by atoms with E-state index < -0.39 is 5.91 Å². The third kappa shape index (κ3) is 6.85. The molecule has 0 radical (unpaired) electrons. The zero-order chi connectivity index (χ0) is 29.2. The van der Waals surface area contributed by atoms with Crippen molar-refractivity contribution in [3.8, 4) is 11.5 Å². The molecular weight excluding hydrogens is 502 g/mol. The molecule has 0 spiro atoms. The second kappa shape index (κ2) is 14.2. The van der Waals surface area contributed by atoms with Crippen LogP contribution in [0.3, 0.4) is 0 Å². The second-order valence-corrected chi connectivity index (χ2v) is 9.41. The van der Waals surface area contributed by atoms with Crippen LogP contribution in [0.5, 0.6) is 11.5 Å². The van der Waals surface area contributed by atoms with E-state index in [0.29, 0.717) is 11.3 Å². The Kier molecular flexibility index (Phi) is 10.8. The van der Waals surface area contributed by atoms with Gasteiger partial charge in [0.05, 0.1) is 20.3 Å². The van der Waals surface area contributed by atoms with Crippen LogP contribution in [0.4, 0.5) is 0 Å². The van der Waals surface area contributed by atoms with Crippen LogP contribution in [0.25, 0.3) is 16.6 Å². The molecule has 2 aliphatic rings. The number of methoxy groups -OCH3 is 2. The van der Waals surface area contributed by atoms with E-state index in [4.69, 9.17) is 20.3 Å². The number of hydrogen-bond acceptors (Lipinski definition) is 5. The summed E-state index contributed by atoms with van der Waals surface area (Å²) < 4.78 is 11.0. The van der Waals surface area contributed by atoms with Crippen LogP contribution in [-0.4, -0.2) is 42.9 Å². The van der Waals surface area contributed by atoms with Crippen LogP contribution in [0, 0.1) is 6.92 Å². The quantitative estimate of drug-likeness (QED) is 0.327. The summed E-state index contributed by atoms with van der Waals surface area (Å²) in [5.74, 6) is 0.959. The predicted molar refractivity (Wildman–Crippen MR) is 163 cm³/mol. The first-order chi connectivity index (χ1) is 19.3. The minimum atomic E-state index is -0.435. The van der Waals surface area contributed by atoms with E-state index in [1.54, 1.807) is 27.2 Å². The Hall–Kier alpha value is -4.23. The number of nitrogens with two attached hydrogens (primary N) is 1. The first kappa shape index (κ1) is 30.3. The first-order valence-corrected chi connectivity index (χ1v) is 13.6. The molecule has 0 saturated heterocycles. The Balaban J connectivity index is 0.000000243. The van der Waals surface area contributed by atoms with Crippen LogP contribution >= 0.6 is 0 Å². The molecule has 1 aliphatic heterocycles. The highest BCUT2D eigenvalue weighted by Gasteiger charge is 2.25. The van der Waals surface area contributed by atoms with Crippen molar-refractivity contribution in [1.29, 1.82) is 0 Å². The molecule has 3 aromatic rings. The summed E-state index contributed by atoms with van der Waals surface area (Å²) in [7, 11) is 3.25. The van der Waals surface area contributed by atoms with Crippen LogP contribution in [0.15, 0.2) is 78.1 Å². The molecule has 212 valence electrons. The Morgan fingerprint density at radius 2 is 1.75 bits per heavy atom. The number of aliphatic hydroxyl groups is 1. The number of amides is 1. The number of aliphatic hydroxyl groups excluding tert-OH is 1. The van der Waals surface area contributed by atoms with Crippen molar-refractivity contribution in [2.24, 2.45) is 5.73 Å². The smallest absolute Gasteiger partial charge is 0.249 e. The van der Waals surface area contributed by atoms with Crippen molar-refractivity contribution >= 4 is 22.5 Å². The minimum absolute atomic E-state index is 0.0781. The number of ether oxygens (including phenoxy) is 2. The van der Waals surface area contributed by atoms with Gasteiger partial charge in [-0.2, -0.15) is 0 Å². The highest BCUT2D eigenvalue weighted by atomic mass is 16.5. The molecule has 2 aromatic carbocycles. The molecule has 5 rings (SSSR count). The monoisotopic (exact) mass is 543 g/mol. The largest absolute Gasteiger partial charge is 0.493 e. The third-order valence-corrected chi connectivity index (χ3v) is 6.75. The fourth-order valence-corrected chi connectivity index (χ4v) is 4.79. The Morgan fingerprint density at radius 3 is 2.38 bits per heavy atom. The first-order valence-electron chi connectivity index (χ1n) is 13.6. The lowest BCUT2D eigenvalue weighted by atomic mass is 9.90. The van der Waals surface area contributed by atoms with Gasteiger partial charge in [-0.05, 0) is 73.7 Å². The summed E-state index contributed by atoms with van der Waals surface area (Å²) >= 11 is 0. The lowest BCUT2D eigenvalue weighted by molar-refractivity contribution is -0.114. The molecule has 1 amide bonds. The molecule has 7 heteroatoms. The zero-order valence-corrected chi connectivity index (χ0v) is 24.3. The zero-order valence-electron chi connectivity index (χ0n) is 24.3. The maximum absolute atomic E-state index is 11.9. The van der Waals surface area contributed by atoms with Crippen molar-refractivity contribution in [2.75, 3.05) is 20.8 Å². The average Bonchev–Trinajstić information content (AvgIpc) is 3.38. The molecule has 1 unspecified atom stereocenters. The number of primary amides is 1. The van der Waals surface area contributed by atoms with Gasteiger partial charge >= 0.3 is 0 Å². The Labute approximate surface area is 237 Å². The van der Waals surface area contributed by atoms with Crippen LogP contribution in [0.1, 0.15) is 43.0 Å². The van der Waals surface area contributed by atoms with Gasteiger partial charge in [0.2, 0.25) is 5.91 Å². The minimum Gasteiger partial charge on any atom is -0.493 e. The van der Waals surface area contributed by atoms with Gasteiger partial charge in [-0.1, -0.05) is 49.8 Å². The molecule has 7 nitrogen and oxygen atoms in total. The van der Waals surface area contributed by atoms with E-state index in [9.17, 15) is 4.79 Å². The molecule has 0 bridgehead atoms. The lowest BCUT2D eigenvalue weighted by Gasteiger charge is -2.28. The molecule has 2 heterocycles. The van der Waals surface area contributed by atoms with Gasteiger partial charge in [0.1, 0.15) is 0 Å². The molecule has 0 saturated carbocycles. The number of dihydropyridines is 1. The second-order valence-electron chi connectivity index (χ2n) is 9.41. The number of aryl methyl sites for hydroxylation is 3. The molecule has 1 aliphatic carbocycles. The van der Waals surface area contributed by atoms with E-state index in [2.05, 4.69) is 55.5 Å². The number of allylic oxidation sites excluding steroid dienone is 2. The number of aromatic nitrogens is 1. The molecule has 40 heavy (non-hydrogen) atoms. The number of aromatic amines is 1. The van der Waals surface area contributed by atoms with Gasteiger partial charge in [0.25, 0.3) is 0 Å². The highest BCUT2D eigenvalue weighted by Crippen LogP contribution is 2.36. The normalized spacial score (nSPS) is 15.2. The van der Waals surface area contributed by atoms with Crippen molar-refractivity contribution in [1.82, 2.24) is 10.3 Å². The van der Waals surface area contributed by atoms with Crippen LogP contribution in [0.2, 0.25) is 0 Å². The van der Waals surface area contributed by atoms with Crippen molar-refractivity contribution in [3.05, 3.63) is 100 Å². The summed E-state index contributed by atoms with van der Waals surface area (Å²) in [5, 5.41) is 12.4. The van der Waals surface area contributed by atoms with Gasteiger partial charge in [-0.15, -0.1) is 0 Å². The van der Waals surface area contributed by atoms with E-state index in [0.717, 1.165) is 41.0 Å². The number of rotatable bonds is 6. The van der Waals surface area contributed by atoms with E-state index in [1.165, 1.54) is 22.0 Å². The molecule has 1 aromatic heterocycles. The Bertz CT molecular complexity index is 1430. The fraction of sp³-hybridized carbons (Fsp3) is 0.303. The summed E-state index contributed by atoms with van der Waals surface area (Å²) in [6.07, 6.45) is 13.6. The van der Waals surface area contributed by atoms with E-state index in [-0.39, 0.29) is 12.6 Å². The van der Waals surface area contributed by atoms with Gasteiger partial charge in [-0.3, -0.25) is 4.79 Å². The van der Waals surface area contributed by atoms with Gasteiger partial charge in [0, 0.05) is 40.5 Å². The number of carbonyl (C=O) groups excluding carboxylic acids is 1. The third-order valence-electron chi connectivity index (χ3n) is 6.75. The summed E-state index contributed by atoms with van der Waals surface area (Å²) in [6.45, 7) is 8.31. The van der Waals surface area contributed by atoms with E-state index in [1.807, 2.05) is 36.4 Å². The SMILES string of the molecule is CCO.CCc1c[nH]c2ccc(C)cc12.CCc1cc(C2=CC(C(N)=O)=C3C=CC=CC3N2)cc(OC)c1OC. The van der Waals surface area contributed by atoms with Crippen molar-refractivity contribution in [2.45, 2.75) is 46.6 Å². The summed E-state index contributed by atoms with van der Waals surface area (Å²) in [5.41, 5.74) is 13.8. The molecular formula is C33H41N3O4. The number of fused-ring (bicyclic) bond motifs is 2. The predicted octanol–water partition coefficient (Wildman–Crippen LogP) is 5.52. The number of benzene rings is 2. The Morgan fingerprint density at radius 1 is 1.02 bits per heavy atom. The van der Waals surface area contributed by atoms with Crippen molar-refractivity contribution < 1.29 is 19.4 Å². The average molecular weight is 544 g/mol. The van der Waals surface area contributed by atoms with Crippen molar-refractivity contribution in [3.63, 3.8) is 0 Å². The van der Waals surface area contributed by atoms with Crippen LogP contribution in [-0.2, 0) is 17.6 Å². The van der Waals surface area contributed by atoms with E-state index >= 15 is 0 Å². The molecule has 5 N–H and O–H groups in total. The maximum Gasteiger partial charge on any atom is 0.249 e. The lowest BCUT2D eigenvalue weighted by Crippen LogP contribution is -2.34. The maximum atomic E-state index is 11.9. The number of hydrogen-bond donors (Lipinski definition) is 4. The number of carbonyl (C=O) groups is 1. The fourth-order valence-electron chi connectivity index (χ4n) is 4.79. The van der Waals surface area contributed by atoms with Gasteiger partial charge < -0.3 is 30.6 Å². The summed E-state index contributed by atoms with van der Waals surface area (Å²) in [4.78, 5) is 15.2.